The van der Waals surface area contributed by atoms with Crippen molar-refractivity contribution in [1.29, 1.82) is 0 Å². The Hall–Kier alpha value is -0.980. The van der Waals surface area contributed by atoms with Crippen molar-refractivity contribution in [3.63, 3.8) is 0 Å². The molecule has 2 unspecified atom stereocenters. The highest BCUT2D eigenvalue weighted by Gasteiger charge is 2.31. The molecule has 1 fully saturated rings. The minimum atomic E-state index is 0.800. The number of rotatable bonds is 2. The molecular formula is C14H21N. The van der Waals surface area contributed by atoms with E-state index in [0.29, 0.717) is 0 Å². The molecule has 1 heterocycles. The summed E-state index contributed by atoms with van der Waals surface area (Å²) in [4.78, 5) is 2.52. The molecule has 1 nitrogen and oxygen atoms in total. The summed E-state index contributed by atoms with van der Waals surface area (Å²) in [6, 6.07) is 10.8. The van der Waals surface area contributed by atoms with E-state index in [-0.39, 0.29) is 0 Å². The van der Waals surface area contributed by atoms with E-state index >= 15 is 0 Å². The monoisotopic (exact) mass is 203 g/mol. The molecule has 0 bridgehead atoms. The van der Waals surface area contributed by atoms with Crippen molar-refractivity contribution < 1.29 is 0 Å². The number of benzene rings is 1. The summed E-state index contributed by atoms with van der Waals surface area (Å²) in [5.74, 6) is 2.48. The quantitative estimate of drug-likeness (QED) is 0.712. The second-order valence-corrected chi connectivity index (χ2v) is 5.13. The lowest BCUT2D eigenvalue weighted by Gasteiger charge is -2.20. The molecule has 0 N–H and O–H groups in total. The number of anilines is 1. The molecule has 0 spiro atoms. The molecule has 1 aromatic rings. The third kappa shape index (κ3) is 2.17. The van der Waals surface area contributed by atoms with Gasteiger partial charge in [0.2, 0.25) is 0 Å². The second-order valence-electron chi connectivity index (χ2n) is 5.13. The van der Waals surface area contributed by atoms with E-state index in [1.165, 1.54) is 18.8 Å². The molecule has 0 aliphatic carbocycles. The smallest absolute Gasteiger partial charge is 0.0366 e. The summed E-state index contributed by atoms with van der Waals surface area (Å²) in [6.45, 7) is 9.51. The van der Waals surface area contributed by atoms with Gasteiger partial charge in [0.05, 0.1) is 0 Å². The minimum absolute atomic E-state index is 0.800. The van der Waals surface area contributed by atoms with Crippen LogP contribution in [-0.2, 0) is 0 Å². The standard InChI is InChI=1S/C14H21N/c1-11(2)14-10-15(9-12(14)3)13-7-5-4-6-8-13/h4-8,11-12,14H,9-10H2,1-3H3. The Labute approximate surface area is 93.1 Å². The van der Waals surface area contributed by atoms with Crippen LogP contribution in [0, 0.1) is 17.8 Å². The van der Waals surface area contributed by atoms with Crippen molar-refractivity contribution >= 4 is 5.69 Å². The van der Waals surface area contributed by atoms with Gasteiger partial charge in [-0.25, -0.2) is 0 Å². The van der Waals surface area contributed by atoms with Crippen LogP contribution in [0.15, 0.2) is 30.3 Å². The molecule has 0 aromatic heterocycles. The molecule has 0 radical (unpaired) electrons. The lowest BCUT2D eigenvalue weighted by molar-refractivity contribution is 0.340. The first-order chi connectivity index (χ1) is 7.18. The summed E-state index contributed by atoms with van der Waals surface area (Å²) in [7, 11) is 0. The van der Waals surface area contributed by atoms with E-state index in [4.69, 9.17) is 0 Å². The van der Waals surface area contributed by atoms with Gasteiger partial charge < -0.3 is 4.90 Å². The predicted octanol–water partition coefficient (Wildman–Crippen LogP) is 3.41. The molecule has 15 heavy (non-hydrogen) atoms. The topological polar surface area (TPSA) is 3.24 Å². The van der Waals surface area contributed by atoms with Crippen molar-refractivity contribution in [3.8, 4) is 0 Å². The van der Waals surface area contributed by atoms with Crippen LogP contribution in [0.5, 0.6) is 0 Å². The lowest BCUT2D eigenvalue weighted by Crippen LogP contribution is -2.20. The van der Waals surface area contributed by atoms with Gasteiger partial charge in [0.1, 0.15) is 0 Å². The van der Waals surface area contributed by atoms with Gasteiger partial charge >= 0.3 is 0 Å². The Morgan fingerprint density at radius 3 is 2.33 bits per heavy atom. The maximum atomic E-state index is 2.52. The van der Waals surface area contributed by atoms with Gasteiger partial charge in [-0.2, -0.15) is 0 Å². The Kier molecular flexibility index (Phi) is 2.99. The van der Waals surface area contributed by atoms with Crippen LogP contribution in [0.1, 0.15) is 20.8 Å². The molecule has 2 atom stereocenters. The average molecular weight is 203 g/mol. The number of hydrogen-bond donors (Lipinski definition) is 0. The first kappa shape index (κ1) is 10.5. The highest BCUT2D eigenvalue weighted by atomic mass is 15.2. The first-order valence-corrected chi connectivity index (χ1v) is 5.98. The van der Waals surface area contributed by atoms with Crippen molar-refractivity contribution in [3.05, 3.63) is 30.3 Å². The summed E-state index contributed by atoms with van der Waals surface area (Å²) < 4.78 is 0. The number of nitrogens with zero attached hydrogens (tertiary/aromatic N) is 1. The first-order valence-electron chi connectivity index (χ1n) is 5.98. The maximum Gasteiger partial charge on any atom is 0.0366 e. The molecule has 82 valence electrons. The third-order valence-electron chi connectivity index (χ3n) is 3.65. The van der Waals surface area contributed by atoms with E-state index in [1.54, 1.807) is 0 Å². The van der Waals surface area contributed by atoms with Crippen molar-refractivity contribution in [1.82, 2.24) is 0 Å². The maximum absolute atomic E-state index is 2.52. The van der Waals surface area contributed by atoms with Gasteiger partial charge in [0, 0.05) is 18.8 Å². The van der Waals surface area contributed by atoms with E-state index in [2.05, 4.69) is 56.0 Å². The molecule has 1 aromatic carbocycles. The van der Waals surface area contributed by atoms with Crippen LogP contribution in [-0.4, -0.2) is 13.1 Å². The summed E-state index contributed by atoms with van der Waals surface area (Å²) in [5, 5.41) is 0. The average Bonchev–Trinajstić information content (AvgIpc) is 2.62. The van der Waals surface area contributed by atoms with Gasteiger partial charge in [-0.3, -0.25) is 0 Å². The highest BCUT2D eigenvalue weighted by Crippen LogP contribution is 2.32. The largest absolute Gasteiger partial charge is 0.371 e. The molecule has 1 heteroatoms. The summed E-state index contributed by atoms with van der Waals surface area (Å²) in [6.07, 6.45) is 0. The van der Waals surface area contributed by atoms with Crippen molar-refractivity contribution in [2.45, 2.75) is 20.8 Å². The van der Waals surface area contributed by atoms with Gasteiger partial charge in [-0.15, -0.1) is 0 Å². The summed E-state index contributed by atoms with van der Waals surface area (Å²) >= 11 is 0. The van der Waals surface area contributed by atoms with Crippen LogP contribution in [0.2, 0.25) is 0 Å². The lowest BCUT2D eigenvalue weighted by atomic mass is 9.88. The van der Waals surface area contributed by atoms with Crippen LogP contribution in [0.25, 0.3) is 0 Å². The molecule has 1 aliphatic heterocycles. The molecule has 1 aliphatic rings. The van der Waals surface area contributed by atoms with E-state index in [9.17, 15) is 0 Å². The minimum Gasteiger partial charge on any atom is -0.371 e. The Balaban J connectivity index is 2.09. The van der Waals surface area contributed by atoms with Gasteiger partial charge in [0.25, 0.3) is 0 Å². The van der Waals surface area contributed by atoms with Gasteiger partial charge in [-0.1, -0.05) is 39.0 Å². The zero-order valence-electron chi connectivity index (χ0n) is 9.98. The van der Waals surface area contributed by atoms with E-state index in [0.717, 1.165) is 17.8 Å². The predicted molar refractivity (Wildman–Crippen MR) is 66.1 cm³/mol. The van der Waals surface area contributed by atoms with Crippen LogP contribution < -0.4 is 4.90 Å². The van der Waals surface area contributed by atoms with Crippen molar-refractivity contribution in [2.75, 3.05) is 18.0 Å². The fraction of sp³-hybridized carbons (Fsp3) is 0.571. The fourth-order valence-corrected chi connectivity index (χ4v) is 2.71. The second kappa shape index (κ2) is 4.26. The molecule has 1 saturated heterocycles. The van der Waals surface area contributed by atoms with Gasteiger partial charge in [-0.05, 0) is 29.9 Å². The third-order valence-corrected chi connectivity index (χ3v) is 3.65. The normalized spacial score (nSPS) is 26.3. The number of hydrogen-bond acceptors (Lipinski definition) is 1. The van der Waals surface area contributed by atoms with Crippen LogP contribution in [0.4, 0.5) is 5.69 Å². The molecule has 2 rings (SSSR count). The SMILES string of the molecule is CC(C)C1CN(c2ccccc2)CC1C. The zero-order chi connectivity index (χ0) is 10.8. The zero-order valence-corrected chi connectivity index (χ0v) is 9.98. The fourth-order valence-electron chi connectivity index (χ4n) is 2.71. The molecular weight excluding hydrogens is 182 g/mol. The summed E-state index contributed by atoms with van der Waals surface area (Å²) in [5.41, 5.74) is 1.38. The van der Waals surface area contributed by atoms with E-state index < -0.39 is 0 Å². The highest BCUT2D eigenvalue weighted by molar-refractivity contribution is 5.47. The van der Waals surface area contributed by atoms with Crippen LogP contribution >= 0.6 is 0 Å². The van der Waals surface area contributed by atoms with Crippen LogP contribution in [0.3, 0.4) is 0 Å². The molecule has 0 saturated carbocycles. The molecule has 0 amide bonds. The Morgan fingerprint density at radius 2 is 1.80 bits per heavy atom. The Bertz CT molecular complexity index is 304. The Morgan fingerprint density at radius 1 is 1.13 bits per heavy atom. The van der Waals surface area contributed by atoms with E-state index in [1.807, 2.05) is 0 Å². The van der Waals surface area contributed by atoms with Gasteiger partial charge in [0.15, 0.2) is 0 Å². The number of para-hydroxylation sites is 1. The van der Waals surface area contributed by atoms with Crippen molar-refractivity contribution in [2.24, 2.45) is 17.8 Å².